The van der Waals surface area contributed by atoms with Crippen LogP contribution in [0.3, 0.4) is 0 Å². The van der Waals surface area contributed by atoms with E-state index < -0.39 is 0 Å². The number of thioether (sulfide) groups is 1. The van der Waals surface area contributed by atoms with Gasteiger partial charge in [-0.05, 0) is 55.7 Å². The Labute approximate surface area is 173 Å². The average molecular weight is 419 g/mol. The Balaban J connectivity index is 1.82. The second-order valence-electron chi connectivity index (χ2n) is 6.38. The quantitative estimate of drug-likeness (QED) is 0.470. The summed E-state index contributed by atoms with van der Waals surface area (Å²) in [5.74, 6) is -0.0785. The van der Waals surface area contributed by atoms with Crippen molar-refractivity contribution >= 4 is 57.5 Å². The normalized spacial score (nSPS) is 12.2. The van der Waals surface area contributed by atoms with Crippen molar-refractivity contribution in [2.75, 3.05) is 5.32 Å². The molecular weight excluding hydrogens is 399 g/mol. The highest BCUT2D eigenvalue weighted by molar-refractivity contribution is 8.00. The summed E-state index contributed by atoms with van der Waals surface area (Å²) in [6.07, 6.45) is 0.685. The highest BCUT2D eigenvalue weighted by Crippen LogP contribution is 2.30. The van der Waals surface area contributed by atoms with E-state index in [9.17, 15) is 4.79 Å². The van der Waals surface area contributed by atoms with E-state index in [0.717, 1.165) is 27.1 Å². The van der Waals surface area contributed by atoms with Crippen molar-refractivity contribution in [3.8, 4) is 0 Å². The lowest BCUT2D eigenvalue weighted by Crippen LogP contribution is -2.24. The van der Waals surface area contributed by atoms with E-state index in [4.69, 9.17) is 28.2 Å². The summed E-state index contributed by atoms with van der Waals surface area (Å²) in [4.78, 5) is 17.5. The molecule has 1 unspecified atom stereocenters. The summed E-state index contributed by atoms with van der Waals surface area (Å²) >= 11 is 13.4. The Morgan fingerprint density at radius 2 is 1.89 bits per heavy atom. The molecule has 3 nitrogen and oxygen atoms in total. The van der Waals surface area contributed by atoms with Gasteiger partial charge in [0.2, 0.25) is 5.91 Å². The van der Waals surface area contributed by atoms with Crippen LogP contribution in [0, 0.1) is 13.8 Å². The van der Waals surface area contributed by atoms with Crippen molar-refractivity contribution in [1.82, 2.24) is 4.98 Å². The van der Waals surface area contributed by atoms with Gasteiger partial charge in [-0.25, -0.2) is 4.98 Å². The largest absolute Gasteiger partial charge is 0.325 e. The highest BCUT2D eigenvalue weighted by atomic mass is 35.5. The first-order valence-electron chi connectivity index (χ1n) is 8.68. The third-order valence-corrected chi connectivity index (χ3v) is 6.36. The smallest absolute Gasteiger partial charge is 0.237 e. The maximum Gasteiger partial charge on any atom is 0.237 e. The molecule has 1 atom stereocenters. The van der Waals surface area contributed by atoms with E-state index >= 15 is 0 Å². The summed E-state index contributed by atoms with van der Waals surface area (Å²) in [5.41, 5.74) is 3.91. The second kappa shape index (κ2) is 8.51. The molecule has 0 radical (unpaired) electrons. The Morgan fingerprint density at radius 1 is 1.11 bits per heavy atom. The minimum Gasteiger partial charge on any atom is -0.325 e. The molecule has 0 fully saturated rings. The van der Waals surface area contributed by atoms with Crippen molar-refractivity contribution in [1.29, 1.82) is 0 Å². The third-order valence-electron chi connectivity index (χ3n) is 4.34. The van der Waals surface area contributed by atoms with Crippen LogP contribution in [0.2, 0.25) is 10.0 Å². The van der Waals surface area contributed by atoms with Gasteiger partial charge in [-0.15, -0.1) is 0 Å². The summed E-state index contributed by atoms with van der Waals surface area (Å²) < 4.78 is 0. The van der Waals surface area contributed by atoms with Gasteiger partial charge in [-0.2, -0.15) is 0 Å². The molecule has 1 aromatic heterocycles. The van der Waals surface area contributed by atoms with Crippen LogP contribution in [0.5, 0.6) is 0 Å². The van der Waals surface area contributed by atoms with Gasteiger partial charge in [0, 0.05) is 11.1 Å². The van der Waals surface area contributed by atoms with Crippen molar-refractivity contribution in [3.63, 3.8) is 0 Å². The van der Waals surface area contributed by atoms with E-state index in [1.165, 1.54) is 11.8 Å². The molecule has 0 spiro atoms. The molecule has 2 aromatic carbocycles. The van der Waals surface area contributed by atoms with Crippen LogP contribution >= 0.6 is 35.0 Å². The maximum absolute atomic E-state index is 12.7. The van der Waals surface area contributed by atoms with E-state index in [0.29, 0.717) is 22.2 Å². The number of carbonyl (C=O) groups is 1. The zero-order valence-corrected chi connectivity index (χ0v) is 17.7. The topological polar surface area (TPSA) is 42.0 Å². The van der Waals surface area contributed by atoms with Gasteiger partial charge in [0.1, 0.15) is 0 Å². The number of rotatable bonds is 5. The molecule has 0 bridgehead atoms. The molecule has 140 valence electrons. The molecule has 6 heteroatoms. The Kier molecular flexibility index (Phi) is 6.30. The Morgan fingerprint density at radius 3 is 2.59 bits per heavy atom. The van der Waals surface area contributed by atoms with Crippen LogP contribution in [0.25, 0.3) is 10.9 Å². The lowest BCUT2D eigenvalue weighted by atomic mass is 10.1. The lowest BCUT2D eigenvalue weighted by Gasteiger charge is -2.16. The zero-order chi connectivity index (χ0) is 19.6. The summed E-state index contributed by atoms with van der Waals surface area (Å²) in [6, 6.07) is 13.3. The molecule has 1 N–H and O–H groups in total. The number of fused-ring (bicyclic) bond motifs is 1. The van der Waals surface area contributed by atoms with Crippen LogP contribution in [0.1, 0.15) is 24.5 Å². The molecule has 0 saturated heterocycles. The summed E-state index contributed by atoms with van der Waals surface area (Å²) in [6.45, 7) is 6.12. The van der Waals surface area contributed by atoms with Crippen LogP contribution in [0.4, 0.5) is 5.69 Å². The molecule has 3 aromatic rings. The highest BCUT2D eigenvalue weighted by Gasteiger charge is 2.20. The minimum absolute atomic E-state index is 0.0785. The molecular formula is C21H20Cl2N2OS. The van der Waals surface area contributed by atoms with Crippen LogP contribution in [0.15, 0.2) is 47.5 Å². The maximum atomic E-state index is 12.7. The lowest BCUT2D eigenvalue weighted by molar-refractivity contribution is -0.115. The summed E-state index contributed by atoms with van der Waals surface area (Å²) in [5, 5.41) is 5.53. The number of para-hydroxylation sites is 1. The number of carbonyl (C=O) groups excluding carboxylic acids is 1. The number of anilines is 1. The number of halogens is 2. The number of aromatic nitrogens is 1. The fraction of sp³-hybridized carbons (Fsp3) is 0.238. The predicted octanol–water partition coefficient (Wildman–Crippen LogP) is 6.67. The number of hydrogen-bond donors (Lipinski definition) is 1. The fourth-order valence-electron chi connectivity index (χ4n) is 2.86. The van der Waals surface area contributed by atoms with Crippen LogP contribution in [-0.2, 0) is 4.79 Å². The number of hydrogen-bond acceptors (Lipinski definition) is 3. The number of benzene rings is 2. The molecule has 0 aliphatic heterocycles. The standard InChI is InChI=1S/C21H20Cl2N2OS/c1-4-18(21(26)24-14-8-9-16(22)17(23)11-14)27-19-10-13(3)15-7-5-6-12(2)20(15)25-19/h5-11,18H,4H2,1-3H3,(H,24,26). The van der Waals surface area contributed by atoms with Crippen molar-refractivity contribution in [2.24, 2.45) is 0 Å². The van der Waals surface area contributed by atoms with Gasteiger partial charge < -0.3 is 5.32 Å². The van der Waals surface area contributed by atoms with Gasteiger partial charge >= 0.3 is 0 Å². The molecule has 27 heavy (non-hydrogen) atoms. The van der Waals surface area contributed by atoms with Crippen LogP contribution < -0.4 is 5.32 Å². The number of nitrogens with zero attached hydrogens (tertiary/aromatic N) is 1. The Bertz CT molecular complexity index is 1010. The first-order valence-corrected chi connectivity index (χ1v) is 10.3. The second-order valence-corrected chi connectivity index (χ2v) is 8.42. The molecule has 1 heterocycles. The van der Waals surface area contributed by atoms with E-state index in [1.54, 1.807) is 18.2 Å². The monoisotopic (exact) mass is 418 g/mol. The van der Waals surface area contributed by atoms with E-state index in [-0.39, 0.29) is 11.2 Å². The van der Waals surface area contributed by atoms with Gasteiger partial charge in [-0.3, -0.25) is 4.79 Å². The van der Waals surface area contributed by atoms with Crippen molar-refractivity contribution in [2.45, 2.75) is 37.5 Å². The molecule has 0 saturated carbocycles. The first kappa shape index (κ1) is 20.0. The average Bonchev–Trinajstić information content (AvgIpc) is 2.63. The first-order chi connectivity index (χ1) is 12.9. The summed E-state index contributed by atoms with van der Waals surface area (Å²) in [7, 11) is 0. The molecule has 0 aliphatic carbocycles. The van der Waals surface area contributed by atoms with E-state index in [2.05, 4.69) is 31.3 Å². The van der Waals surface area contributed by atoms with Gasteiger partial charge in [-0.1, -0.05) is 60.1 Å². The van der Waals surface area contributed by atoms with E-state index in [1.807, 2.05) is 19.1 Å². The van der Waals surface area contributed by atoms with Crippen molar-refractivity contribution < 1.29 is 4.79 Å². The Hall–Kier alpha value is -1.75. The molecule has 0 aliphatic rings. The SMILES string of the molecule is CCC(Sc1cc(C)c2cccc(C)c2n1)C(=O)Nc1ccc(Cl)c(Cl)c1. The number of aryl methyl sites for hydroxylation is 2. The third kappa shape index (κ3) is 4.57. The molecule has 1 amide bonds. The van der Waals surface area contributed by atoms with Crippen LogP contribution in [-0.4, -0.2) is 16.1 Å². The van der Waals surface area contributed by atoms with Gasteiger partial charge in [0.25, 0.3) is 0 Å². The number of nitrogens with one attached hydrogen (secondary N) is 1. The number of pyridine rings is 1. The van der Waals surface area contributed by atoms with Gasteiger partial charge in [0.15, 0.2) is 0 Å². The fourth-order valence-corrected chi connectivity index (χ4v) is 4.17. The van der Waals surface area contributed by atoms with Gasteiger partial charge in [0.05, 0.1) is 25.8 Å². The number of amides is 1. The minimum atomic E-state index is -0.257. The zero-order valence-electron chi connectivity index (χ0n) is 15.3. The molecule has 3 rings (SSSR count). The van der Waals surface area contributed by atoms with Crippen molar-refractivity contribution in [3.05, 3.63) is 63.6 Å². The predicted molar refractivity (Wildman–Crippen MR) is 116 cm³/mol.